The molecule has 3 rings (SSSR count). The quantitative estimate of drug-likeness (QED) is 0.468. The summed E-state index contributed by atoms with van der Waals surface area (Å²) in [7, 11) is 4.68. The molecular weight excluding hydrogens is 376 g/mol. The van der Waals surface area contributed by atoms with Crippen LogP contribution in [0.25, 0.3) is 22.4 Å². The number of aryl methyl sites for hydroxylation is 1. The lowest BCUT2D eigenvalue weighted by molar-refractivity contribution is 0.416. The van der Waals surface area contributed by atoms with Gasteiger partial charge in [0.2, 0.25) is 0 Å². The lowest BCUT2D eigenvalue weighted by Gasteiger charge is -2.13. The highest BCUT2D eigenvalue weighted by Gasteiger charge is 2.19. The van der Waals surface area contributed by atoms with Gasteiger partial charge in [-0.3, -0.25) is 13.9 Å². The Kier molecular flexibility index (Phi) is 5.88. The molecule has 0 atom stereocenters. The summed E-state index contributed by atoms with van der Waals surface area (Å²) in [5.74, 6) is 2.43. The molecule has 0 bridgehead atoms. The third-order valence-corrected chi connectivity index (χ3v) is 5.56. The van der Waals surface area contributed by atoms with Crippen molar-refractivity contribution in [3.05, 3.63) is 45.1 Å². The second kappa shape index (κ2) is 8.18. The van der Waals surface area contributed by atoms with E-state index in [4.69, 9.17) is 9.72 Å². The summed E-state index contributed by atoms with van der Waals surface area (Å²) in [5.41, 5.74) is 0.249. The molecule has 7 nitrogen and oxygen atoms in total. The van der Waals surface area contributed by atoms with Crippen LogP contribution in [0.1, 0.15) is 20.3 Å². The van der Waals surface area contributed by atoms with Crippen LogP contribution >= 0.6 is 11.8 Å². The van der Waals surface area contributed by atoms with Gasteiger partial charge in [0.15, 0.2) is 11.5 Å². The molecule has 0 unspecified atom stereocenters. The molecule has 0 fully saturated rings. The lowest BCUT2D eigenvalue weighted by atomic mass is 10.2. The van der Waals surface area contributed by atoms with E-state index in [1.54, 1.807) is 14.2 Å². The molecule has 148 valence electrons. The standard InChI is InChI=1S/C20H24N4O3S/c1-12(2)10-11-28-18-15-17(23(3)20(26)24(4)19(15)25)21-16(22-18)13-8-6-7-9-14(13)27-5/h6-9,12H,10-11H2,1-5H3. The maximum Gasteiger partial charge on any atom is 0.332 e. The molecule has 0 aliphatic rings. The summed E-state index contributed by atoms with van der Waals surface area (Å²) in [6.07, 6.45) is 0.992. The van der Waals surface area contributed by atoms with Crippen molar-refractivity contribution >= 4 is 22.8 Å². The fourth-order valence-electron chi connectivity index (χ4n) is 2.87. The van der Waals surface area contributed by atoms with Crippen LogP contribution in [0.2, 0.25) is 0 Å². The van der Waals surface area contributed by atoms with Gasteiger partial charge in [0.25, 0.3) is 5.56 Å². The first-order valence-electron chi connectivity index (χ1n) is 9.09. The molecule has 0 aliphatic carbocycles. The zero-order valence-corrected chi connectivity index (χ0v) is 17.5. The minimum Gasteiger partial charge on any atom is -0.496 e. The summed E-state index contributed by atoms with van der Waals surface area (Å²) < 4.78 is 7.93. The first-order valence-corrected chi connectivity index (χ1v) is 10.1. The number of benzene rings is 1. The van der Waals surface area contributed by atoms with Crippen LogP contribution in [0.5, 0.6) is 5.75 Å². The molecular formula is C20H24N4O3S. The number of nitrogens with zero attached hydrogens (tertiary/aromatic N) is 4. The second-order valence-electron chi connectivity index (χ2n) is 6.99. The van der Waals surface area contributed by atoms with Gasteiger partial charge in [-0.25, -0.2) is 14.8 Å². The van der Waals surface area contributed by atoms with Crippen molar-refractivity contribution in [1.82, 2.24) is 19.1 Å². The second-order valence-corrected chi connectivity index (χ2v) is 8.07. The highest BCUT2D eigenvalue weighted by molar-refractivity contribution is 7.99. The zero-order chi connectivity index (χ0) is 20.4. The number of aromatic nitrogens is 4. The van der Waals surface area contributed by atoms with Crippen molar-refractivity contribution in [3.8, 4) is 17.1 Å². The third kappa shape index (κ3) is 3.69. The lowest BCUT2D eigenvalue weighted by Crippen LogP contribution is -2.37. The monoisotopic (exact) mass is 400 g/mol. The van der Waals surface area contributed by atoms with Gasteiger partial charge in [-0.15, -0.1) is 11.8 Å². The van der Waals surface area contributed by atoms with E-state index in [0.29, 0.717) is 39.1 Å². The first kappa shape index (κ1) is 20.1. The molecule has 0 amide bonds. The Morgan fingerprint density at radius 2 is 1.82 bits per heavy atom. The first-order chi connectivity index (χ1) is 13.3. The zero-order valence-electron chi connectivity index (χ0n) is 16.7. The smallest absolute Gasteiger partial charge is 0.332 e. The highest BCUT2D eigenvalue weighted by Crippen LogP contribution is 2.31. The van der Waals surface area contributed by atoms with Gasteiger partial charge in [-0.05, 0) is 30.2 Å². The number of thioether (sulfide) groups is 1. The Morgan fingerprint density at radius 3 is 2.50 bits per heavy atom. The molecule has 0 aliphatic heterocycles. The van der Waals surface area contributed by atoms with Crippen LogP contribution in [0, 0.1) is 5.92 Å². The average molecular weight is 401 g/mol. The van der Waals surface area contributed by atoms with Crippen molar-refractivity contribution < 1.29 is 4.74 Å². The van der Waals surface area contributed by atoms with E-state index in [1.165, 1.54) is 23.4 Å². The molecule has 2 aromatic heterocycles. The van der Waals surface area contributed by atoms with Crippen molar-refractivity contribution in [3.63, 3.8) is 0 Å². The van der Waals surface area contributed by atoms with Crippen LogP contribution < -0.4 is 16.0 Å². The normalized spacial score (nSPS) is 11.4. The largest absolute Gasteiger partial charge is 0.496 e. The Morgan fingerprint density at radius 1 is 1.11 bits per heavy atom. The number of para-hydroxylation sites is 1. The third-order valence-electron chi connectivity index (χ3n) is 4.55. The van der Waals surface area contributed by atoms with Crippen LogP contribution in [0.4, 0.5) is 0 Å². The van der Waals surface area contributed by atoms with Crippen LogP contribution in [0.3, 0.4) is 0 Å². The number of hydrogen-bond acceptors (Lipinski definition) is 6. The van der Waals surface area contributed by atoms with Crippen LogP contribution in [-0.2, 0) is 14.1 Å². The van der Waals surface area contributed by atoms with E-state index < -0.39 is 5.69 Å². The highest BCUT2D eigenvalue weighted by atomic mass is 32.2. The topological polar surface area (TPSA) is 79.0 Å². The van der Waals surface area contributed by atoms with Gasteiger partial charge in [0.05, 0.1) is 12.7 Å². The number of ether oxygens (including phenoxy) is 1. The summed E-state index contributed by atoms with van der Waals surface area (Å²) in [5, 5.41) is 0.958. The summed E-state index contributed by atoms with van der Waals surface area (Å²) in [6, 6.07) is 7.44. The molecule has 8 heteroatoms. The van der Waals surface area contributed by atoms with E-state index in [1.807, 2.05) is 24.3 Å². The van der Waals surface area contributed by atoms with Gasteiger partial charge >= 0.3 is 5.69 Å². The van der Waals surface area contributed by atoms with Crippen LogP contribution in [-0.4, -0.2) is 32.0 Å². The Labute approximate surface area is 167 Å². The predicted octanol–water partition coefficient (Wildman–Crippen LogP) is 2.84. The number of rotatable bonds is 6. The van der Waals surface area contributed by atoms with E-state index >= 15 is 0 Å². The van der Waals surface area contributed by atoms with Crippen molar-refractivity contribution in [1.29, 1.82) is 0 Å². The summed E-state index contributed by atoms with van der Waals surface area (Å²) in [6.45, 7) is 4.31. The predicted molar refractivity (Wildman–Crippen MR) is 112 cm³/mol. The minimum atomic E-state index is -0.416. The maximum absolute atomic E-state index is 12.8. The van der Waals surface area contributed by atoms with E-state index in [-0.39, 0.29) is 5.56 Å². The number of fused-ring (bicyclic) bond motifs is 1. The summed E-state index contributed by atoms with van der Waals surface area (Å²) in [4.78, 5) is 34.5. The fraction of sp³-hybridized carbons (Fsp3) is 0.400. The average Bonchev–Trinajstić information content (AvgIpc) is 2.69. The van der Waals surface area contributed by atoms with E-state index in [2.05, 4.69) is 18.8 Å². The number of hydrogen-bond donors (Lipinski definition) is 0. The van der Waals surface area contributed by atoms with Gasteiger partial charge in [-0.1, -0.05) is 26.0 Å². The summed E-state index contributed by atoms with van der Waals surface area (Å²) >= 11 is 1.52. The van der Waals surface area contributed by atoms with Gasteiger partial charge < -0.3 is 4.74 Å². The molecule has 0 saturated heterocycles. The van der Waals surface area contributed by atoms with Crippen molar-refractivity contribution in [2.45, 2.75) is 25.3 Å². The molecule has 0 N–H and O–H groups in total. The molecule has 28 heavy (non-hydrogen) atoms. The number of methoxy groups -OCH3 is 1. The Hall–Kier alpha value is -2.61. The van der Waals surface area contributed by atoms with Gasteiger partial charge in [0, 0.05) is 14.1 Å². The van der Waals surface area contributed by atoms with Crippen molar-refractivity contribution in [2.24, 2.45) is 20.0 Å². The Balaban J connectivity index is 2.30. The molecule has 0 spiro atoms. The van der Waals surface area contributed by atoms with Gasteiger partial charge in [0.1, 0.15) is 16.2 Å². The SMILES string of the molecule is COc1ccccc1-c1nc(SCCC(C)C)c2c(=O)n(C)c(=O)n(C)c2n1. The van der Waals surface area contributed by atoms with E-state index in [0.717, 1.165) is 16.7 Å². The molecule has 3 aromatic rings. The van der Waals surface area contributed by atoms with Crippen LogP contribution in [0.15, 0.2) is 38.9 Å². The fourth-order valence-corrected chi connectivity index (χ4v) is 4.13. The molecule has 2 heterocycles. The van der Waals surface area contributed by atoms with Crippen molar-refractivity contribution in [2.75, 3.05) is 12.9 Å². The molecule has 1 aromatic carbocycles. The van der Waals surface area contributed by atoms with Gasteiger partial charge in [-0.2, -0.15) is 0 Å². The Bertz CT molecular complexity index is 1130. The minimum absolute atomic E-state index is 0.330. The molecule has 0 radical (unpaired) electrons. The van der Waals surface area contributed by atoms with E-state index in [9.17, 15) is 9.59 Å². The maximum atomic E-state index is 12.8. The molecule has 0 saturated carbocycles.